The highest BCUT2D eigenvalue weighted by molar-refractivity contribution is 5.93. The van der Waals surface area contributed by atoms with E-state index in [1.165, 1.54) is 12.5 Å². The minimum atomic E-state index is -0.776. The summed E-state index contributed by atoms with van der Waals surface area (Å²) < 4.78 is 4.78. The molecule has 1 aromatic heterocycles. The molecule has 5 nitrogen and oxygen atoms in total. The van der Waals surface area contributed by atoms with Crippen LogP contribution in [0.25, 0.3) is 0 Å². The van der Waals surface area contributed by atoms with Crippen molar-refractivity contribution in [3.05, 3.63) is 24.2 Å². The van der Waals surface area contributed by atoms with E-state index < -0.39 is 5.97 Å². The van der Waals surface area contributed by atoms with Crippen LogP contribution in [0.1, 0.15) is 36.0 Å². The van der Waals surface area contributed by atoms with E-state index in [4.69, 9.17) is 9.52 Å². The average Bonchev–Trinajstić information content (AvgIpc) is 2.75. The van der Waals surface area contributed by atoms with Crippen LogP contribution >= 0.6 is 0 Å². The molecule has 0 aliphatic rings. The first kappa shape index (κ1) is 12.3. The van der Waals surface area contributed by atoms with Gasteiger partial charge in [-0.25, -0.2) is 0 Å². The Labute approximate surface area is 93.4 Å². The molecule has 0 spiro atoms. The van der Waals surface area contributed by atoms with Crippen molar-refractivity contribution < 1.29 is 19.1 Å². The Morgan fingerprint density at radius 1 is 1.31 bits per heavy atom. The molecule has 0 aromatic carbocycles. The maximum atomic E-state index is 11.4. The smallest absolute Gasteiger partial charge is 0.303 e. The third-order valence-corrected chi connectivity index (χ3v) is 2.14. The number of amides is 1. The van der Waals surface area contributed by atoms with Gasteiger partial charge in [0.25, 0.3) is 5.91 Å². The van der Waals surface area contributed by atoms with Crippen molar-refractivity contribution in [1.82, 2.24) is 5.32 Å². The molecule has 0 fully saturated rings. The fourth-order valence-electron chi connectivity index (χ4n) is 1.28. The molecule has 0 atom stereocenters. The summed E-state index contributed by atoms with van der Waals surface area (Å²) in [7, 11) is 0. The van der Waals surface area contributed by atoms with Gasteiger partial charge in [-0.3, -0.25) is 9.59 Å². The monoisotopic (exact) mass is 225 g/mol. The van der Waals surface area contributed by atoms with E-state index in [0.29, 0.717) is 18.5 Å². The Morgan fingerprint density at radius 2 is 2.12 bits per heavy atom. The molecule has 1 rings (SSSR count). The van der Waals surface area contributed by atoms with Gasteiger partial charge in [0.2, 0.25) is 0 Å². The first-order valence-corrected chi connectivity index (χ1v) is 5.22. The van der Waals surface area contributed by atoms with Gasteiger partial charge in [-0.2, -0.15) is 0 Å². The van der Waals surface area contributed by atoms with Gasteiger partial charge in [0, 0.05) is 13.0 Å². The van der Waals surface area contributed by atoms with Crippen molar-refractivity contribution in [3.8, 4) is 0 Å². The predicted octanol–water partition coefficient (Wildman–Crippen LogP) is 1.65. The first-order valence-electron chi connectivity index (χ1n) is 5.22. The molecule has 5 heteroatoms. The highest BCUT2D eigenvalue weighted by Gasteiger charge is 2.05. The molecule has 1 heterocycles. The Bertz CT molecular complexity index is 332. The fourth-order valence-corrected chi connectivity index (χ4v) is 1.28. The largest absolute Gasteiger partial charge is 0.481 e. The van der Waals surface area contributed by atoms with Gasteiger partial charge in [0.15, 0.2) is 0 Å². The maximum Gasteiger partial charge on any atom is 0.303 e. The molecule has 0 saturated heterocycles. The van der Waals surface area contributed by atoms with Gasteiger partial charge in [-0.15, -0.1) is 0 Å². The summed E-state index contributed by atoms with van der Waals surface area (Å²) in [5.41, 5.74) is 0.505. The zero-order valence-electron chi connectivity index (χ0n) is 8.94. The van der Waals surface area contributed by atoms with Crippen molar-refractivity contribution in [2.75, 3.05) is 6.54 Å². The number of rotatable bonds is 7. The Kier molecular flexibility index (Phi) is 5.11. The van der Waals surface area contributed by atoms with Gasteiger partial charge >= 0.3 is 5.97 Å². The minimum Gasteiger partial charge on any atom is -0.481 e. The lowest BCUT2D eigenvalue weighted by molar-refractivity contribution is -0.137. The SMILES string of the molecule is O=C(O)CCCCCNC(=O)c1ccoc1. The zero-order valence-corrected chi connectivity index (χ0v) is 8.94. The van der Waals surface area contributed by atoms with Crippen LogP contribution in [0.3, 0.4) is 0 Å². The molecular weight excluding hydrogens is 210 g/mol. The van der Waals surface area contributed by atoms with Crippen LogP contribution in [0.15, 0.2) is 23.0 Å². The molecule has 16 heavy (non-hydrogen) atoms. The summed E-state index contributed by atoms with van der Waals surface area (Å²) >= 11 is 0. The van der Waals surface area contributed by atoms with Crippen molar-refractivity contribution in [3.63, 3.8) is 0 Å². The second-order valence-corrected chi connectivity index (χ2v) is 3.47. The number of carboxylic acid groups (broad SMARTS) is 1. The first-order chi connectivity index (χ1) is 7.70. The third-order valence-electron chi connectivity index (χ3n) is 2.14. The van der Waals surface area contributed by atoms with Crippen LogP contribution in [0.4, 0.5) is 0 Å². The van der Waals surface area contributed by atoms with E-state index in [0.717, 1.165) is 12.8 Å². The molecule has 0 aliphatic carbocycles. The molecule has 0 radical (unpaired) electrons. The van der Waals surface area contributed by atoms with Crippen LogP contribution in [0.2, 0.25) is 0 Å². The number of aliphatic carboxylic acids is 1. The summed E-state index contributed by atoms with van der Waals surface area (Å²) in [5, 5.41) is 11.1. The van der Waals surface area contributed by atoms with Gasteiger partial charge < -0.3 is 14.8 Å². The van der Waals surface area contributed by atoms with Gasteiger partial charge in [0.05, 0.1) is 11.8 Å². The van der Waals surface area contributed by atoms with E-state index in [1.807, 2.05) is 0 Å². The molecule has 0 aliphatic heterocycles. The Hall–Kier alpha value is -1.78. The molecule has 0 saturated carbocycles. The number of carboxylic acids is 1. The second kappa shape index (κ2) is 6.66. The molecular formula is C11H15NO4. The van der Waals surface area contributed by atoms with Crippen molar-refractivity contribution in [1.29, 1.82) is 0 Å². The summed E-state index contributed by atoms with van der Waals surface area (Å²) in [6.45, 7) is 0.559. The Morgan fingerprint density at radius 3 is 2.75 bits per heavy atom. The number of carbonyl (C=O) groups excluding carboxylic acids is 1. The van der Waals surface area contributed by atoms with Gasteiger partial charge in [-0.1, -0.05) is 6.42 Å². The molecule has 0 bridgehead atoms. The van der Waals surface area contributed by atoms with Gasteiger partial charge in [-0.05, 0) is 18.9 Å². The zero-order chi connectivity index (χ0) is 11.8. The van der Waals surface area contributed by atoms with Crippen LogP contribution in [0, 0.1) is 0 Å². The van der Waals surface area contributed by atoms with Crippen LogP contribution in [0.5, 0.6) is 0 Å². The van der Waals surface area contributed by atoms with E-state index in [2.05, 4.69) is 5.32 Å². The summed E-state index contributed by atoms with van der Waals surface area (Å²) in [6.07, 6.45) is 5.27. The average molecular weight is 225 g/mol. The standard InChI is InChI=1S/C11H15NO4/c13-10(14)4-2-1-3-6-12-11(15)9-5-7-16-8-9/h5,7-8H,1-4,6H2,(H,12,15)(H,13,14). The summed E-state index contributed by atoms with van der Waals surface area (Å²) in [4.78, 5) is 21.6. The quantitative estimate of drug-likeness (QED) is 0.691. The van der Waals surface area contributed by atoms with Crippen molar-refractivity contribution >= 4 is 11.9 Å². The molecule has 1 aromatic rings. The lowest BCUT2D eigenvalue weighted by Gasteiger charge is -2.02. The van der Waals surface area contributed by atoms with Crippen molar-refractivity contribution in [2.24, 2.45) is 0 Å². The lowest BCUT2D eigenvalue weighted by Crippen LogP contribution is -2.23. The lowest BCUT2D eigenvalue weighted by atomic mass is 10.2. The van der Waals surface area contributed by atoms with E-state index >= 15 is 0 Å². The predicted molar refractivity (Wildman–Crippen MR) is 57.1 cm³/mol. The van der Waals surface area contributed by atoms with E-state index in [-0.39, 0.29) is 12.3 Å². The van der Waals surface area contributed by atoms with Crippen LogP contribution in [-0.2, 0) is 4.79 Å². The minimum absolute atomic E-state index is 0.160. The third kappa shape index (κ3) is 4.63. The number of hydrogen-bond acceptors (Lipinski definition) is 3. The topological polar surface area (TPSA) is 79.5 Å². The number of nitrogens with one attached hydrogen (secondary N) is 1. The number of carbonyl (C=O) groups is 2. The van der Waals surface area contributed by atoms with Crippen LogP contribution in [-0.4, -0.2) is 23.5 Å². The second-order valence-electron chi connectivity index (χ2n) is 3.47. The number of unbranched alkanes of at least 4 members (excludes halogenated alkanes) is 2. The normalized spacial score (nSPS) is 10.0. The van der Waals surface area contributed by atoms with Crippen LogP contribution < -0.4 is 5.32 Å². The van der Waals surface area contributed by atoms with E-state index in [9.17, 15) is 9.59 Å². The molecule has 0 unspecified atom stereocenters. The van der Waals surface area contributed by atoms with Crippen molar-refractivity contribution in [2.45, 2.75) is 25.7 Å². The summed E-state index contributed by atoms with van der Waals surface area (Å²) in [6, 6.07) is 1.60. The summed E-state index contributed by atoms with van der Waals surface area (Å²) in [5.74, 6) is -0.936. The Balaban J connectivity index is 2.03. The highest BCUT2D eigenvalue weighted by Crippen LogP contribution is 2.01. The molecule has 88 valence electrons. The number of furan rings is 1. The van der Waals surface area contributed by atoms with Gasteiger partial charge in [0.1, 0.15) is 6.26 Å². The highest BCUT2D eigenvalue weighted by atomic mass is 16.4. The van der Waals surface area contributed by atoms with E-state index in [1.54, 1.807) is 6.07 Å². The molecule has 2 N–H and O–H groups in total. The molecule has 1 amide bonds. The number of hydrogen-bond donors (Lipinski definition) is 2. The maximum absolute atomic E-state index is 11.4. The fraction of sp³-hybridized carbons (Fsp3) is 0.455.